The average Bonchev–Trinajstić information content (AvgIpc) is 3.10. The van der Waals surface area contributed by atoms with Crippen LogP contribution < -0.4 is 20.7 Å². The Bertz CT molecular complexity index is 717. The highest BCUT2D eigenvalue weighted by Gasteiger charge is 2.43. The van der Waals surface area contributed by atoms with Crippen LogP contribution in [0.5, 0.6) is 5.75 Å². The van der Waals surface area contributed by atoms with Gasteiger partial charge in [-0.05, 0) is 31.7 Å². The van der Waals surface area contributed by atoms with Gasteiger partial charge in [0.2, 0.25) is 5.91 Å². The average molecular weight is 387 g/mol. The smallest absolute Gasteiger partial charge is 0.225 e. The molecule has 1 fully saturated rings. The summed E-state index contributed by atoms with van der Waals surface area (Å²) >= 11 is 0. The van der Waals surface area contributed by atoms with Gasteiger partial charge in [-0.25, -0.2) is 0 Å². The molecule has 0 aromatic heterocycles. The minimum atomic E-state index is -0.374. The van der Waals surface area contributed by atoms with E-state index in [1.165, 1.54) is 18.4 Å². The first-order valence-electron chi connectivity index (χ1n) is 10.4. The van der Waals surface area contributed by atoms with E-state index in [1.807, 2.05) is 26.8 Å². The van der Waals surface area contributed by atoms with Gasteiger partial charge >= 0.3 is 0 Å². The molecule has 1 amide bonds. The van der Waals surface area contributed by atoms with Gasteiger partial charge in [-0.3, -0.25) is 9.79 Å². The summed E-state index contributed by atoms with van der Waals surface area (Å²) in [4.78, 5) is 16.4. The lowest BCUT2D eigenvalue weighted by atomic mass is 9.86. The maximum absolute atomic E-state index is 12.0. The highest BCUT2D eigenvalue weighted by Crippen LogP contribution is 2.46. The number of nitrogens with zero attached hydrogens (tertiary/aromatic N) is 1. The first-order chi connectivity index (χ1) is 13.3. The fourth-order valence-corrected chi connectivity index (χ4v) is 4.05. The molecular formula is C22H34N4O2. The number of para-hydroxylation sites is 1. The standard InChI is InChI=1S/C22H34N4O2/c1-21(2,3)19(27)24-13-14-25-20(23-4)26-17-15-22(11-7-8-12-22)28-18-10-6-5-9-16(17)18/h5-6,9-10,17H,7-8,11-15H2,1-4H3,(H,24,27)(H2,23,25,26). The topological polar surface area (TPSA) is 74.8 Å². The number of hydrogen-bond donors (Lipinski definition) is 3. The van der Waals surface area contributed by atoms with Gasteiger partial charge in [0.05, 0.1) is 6.04 Å². The van der Waals surface area contributed by atoms with Crippen molar-refractivity contribution in [3.05, 3.63) is 29.8 Å². The zero-order valence-electron chi connectivity index (χ0n) is 17.6. The number of carbonyl (C=O) groups is 1. The predicted molar refractivity (Wildman–Crippen MR) is 113 cm³/mol. The third kappa shape index (κ3) is 4.78. The van der Waals surface area contributed by atoms with Crippen LogP contribution in [-0.4, -0.2) is 37.6 Å². The summed E-state index contributed by atoms with van der Waals surface area (Å²) in [6, 6.07) is 8.46. The summed E-state index contributed by atoms with van der Waals surface area (Å²) in [6.45, 7) is 6.93. The maximum atomic E-state index is 12.0. The van der Waals surface area contributed by atoms with E-state index in [2.05, 4.69) is 39.1 Å². The van der Waals surface area contributed by atoms with Crippen molar-refractivity contribution in [2.24, 2.45) is 10.4 Å². The molecule has 1 aromatic carbocycles. The third-order valence-corrected chi connectivity index (χ3v) is 5.63. The van der Waals surface area contributed by atoms with Crippen molar-refractivity contribution in [3.63, 3.8) is 0 Å². The van der Waals surface area contributed by atoms with Gasteiger partial charge in [-0.1, -0.05) is 39.0 Å². The first-order valence-corrected chi connectivity index (χ1v) is 10.4. The van der Waals surface area contributed by atoms with Crippen molar-refractivity contribution in [2.75, 3.05) is 20.1 Å². The van der Waals surface area contributed by atoms with Gasteiger partial charge in [0.15, 0.2) is 5.96 Å². The van der Waals surface area contributed by atoms with Crippen molar-refractivity contribution >= 4 is 11.9 Å². The van der Waals surface area contributed by atoms with E-state index in [-0.39, 0.29) is 23.0 Å². The summed E-state index contributed by atoms with van der Waals surface area (Å²) in [5.74, 6) is 1.79. The Hall–Kier alpha value is -2.24. The minimum Gasteiger partial charge on any atom is -0.487 e. The number of ether oxygens (including phenoxy) is 1. The Morgan fingerprint density at radius 1 is 1.18 bits per heavy atom. The molecule has 3 N–H and O–H groups in total. The Morgan fingerprint density at radius 2 is 1.86 bits per heavy atom. The Kier molecular flexibility index (Phi) is 6.16. The van der Waals surface area contributed by atoms with Crippen molar-refractivity contribution in [1.29, 1.82) is 0 Å². The number of guanidine groups is 1. The van der Waals surface area contributed by atoms with Gasteiger partial charge < -0.3 is 20.7 Å². The number of hydrogen-bond acceptors (Lipinski definition) is 3. The van der Waals surface area contributed by atoms with Gasteiger partial charge in [-0.2, -0.15) is 0 Å². The fourth-order valence-electron chi connectivity index (χ4n) is 4.05. The number of carbonyl (C=O) groups excluding carboxylic acids is 1. The molecule has 1 unspecified atom stereocenters. The molecule has 28 heavy (non-hydrogen) atoms. The van der Waals surface area contributed by atoms with Crippen LogP contribution in [0.1, 0.15) is 64.5 Å². The van der Waals surface area contributed by atoms with Gasteiger partial charge in [0.1, 0.15) is 11.4 Å². The minimum absolute atomic E-state index is 0.0500. The predicted octanol–water partition coefficient (Wildman–Crippen LogP) is 3.15. The monoisotopic (exact) mass is 386 g/mol. The molecule has 1 heterocycles. The molecule has 6 nitrogen and oxygen atoms in total. The van der Waals surface area contributed by atoms with E-state index in [4.69, 9.17) is 4.74 Å². The van der Waals surface area contributed by atoms with Crippen LogP contribution in [0.25, 0.3) is 0 Å². The normalized spacial score (nSPS) is 21.0. The lowest BCUT2D eigenvalue weighted by Gasteiger charge is -2.40. The highest BCUT2D eigenvalue weighted by atomic mass is 16.5. The number of amides is 1. The maximum Gasteiger partial charge on any atom is 0.225 e. The number of rotatable bonds is 4. The molecule has 1 aromatic rings. The van der Waals surface area contributed by atoms with Crippen molar-refractivity contribution < 1.29 is 9.53 Å². The molecule has 1 atom stereocenters. The largest absolute Gasteiger partial charge is 0.487 e. The molecule has 0 saturated heterocycles. The van der Waals surface area contributed by atoms with Crippen molar-refractivity contribution in [2.45, 2.75) is 64.5 Å². The molecule has 2 aliphatic rings. The number of aliphatic imine (C=N–C) groups is 1. The van der Waals surface area contributed by atoms with E-state index in [9.17, 15) is 4.79 Å². The zero-order valence-corrected chi connectivity index (χ0v) is 17.6. The molecule has 1 spiro atoms. The first kappa shape index (κ1) is 20.5. The second kappa shape index (κ2) is 8.41. The quantitative estimate of drug-likeness (QED) is 0.422. The SMILES string of the molecule is CN=C(NCCNC(=O)C(C)(C)C)NC1CC2(CCCC2)Oc2ccccc21. The summed E-state index contributed by atoms with van der Waals surface area (Å²) in [5.41, 5.74) is 0.761. The molecule has 6 heteroatoms. The summed E-state index contributed by atoms with van der Waals surface area (Å²) in [5, 5.41) is 9.85. The lowest BCUT2D eigenvalue weighted by Crippen LogP contribution is -2.48. The molecule has 1 aliphatic heterocycles. The molecule has 1 saturated carbocycles. The Labute approximate surface area is 168 Å². The lowest BCUT2D eigenvalue weighted by molar-refractivity contribution is -0.128. The molecule has 154 valence electrons. The van der Waals surface area contributed by atoms with Gasteiger partial charge in [-0.15, -0.1) is 0 Å². The van der Waals surface area contributed by atoms with E-state index < -0.39 is 0 Å². The Morgan fingerprint density at radius 3 is 2.54 bits per heavy atom. The van der Waals surface area contributed by atoms with E-state index in [0.29, 0.717) is 13.1 Å². The van der Waals surface area contributed by atoms with Crippen LogP contribution in [0.15, 0.2) is 29.3 Å². The molecule has 0 bridgehead atoms. The second-order valence-corrected chi connectivity index (χ2v) is 8.94. The summed E-state index contributed by atoms with van der Waals surface area (Å²) in [6.07, 6.45) is 5.64. The number of nitrogens with one attached hydrogen (secondary N) is 3. The molecule has 1 aliphatic carbocycles. The fraction of sp³-hybridized carbons (Fsp3) is 0.636. The third-order valence-electron chi connectivity index (χ3n) is 5.63. The number of fused-ring (bicyclic) bond motifs is 1. The molecular weight excluding hydrogens is 352 g/mol. The van der Waals surface area contributed by atoms with E-state index >= 15 is 0 Å². The van der Waals surface area contributed by atoms with E-state index in [0.717, 1.165) is 31.0 Å². The number of benzene rings is 1. The zero-order chi connectivity index (χ0) is 20.2. The van der Waals surface area contributed by atoms with Crippen LogP contribution in [0.4, 0.5) is 0 Å². The highest BCUT2D eigenvalue weighted by molar-refractivity contribution is 5.82. The van der Waals surface area contributed by atoms with Crippen LogP contribution >= 0.6 is 0 Å². The van der Waals surface area contributed by atoms with Gasteiger partial charge in [0, 0.05) is 37.5 Å². The van der Waals surface area contributed by atoms with Crippen LogP contribution in [0.2, 0.25) is 0 Å². The second-order valence-electron chi connectivity index (χ2n) is 8.94. The summed E-state index contributed by atoms with van der Waals surface area (Å²) < 4.78 is 6.43. The molecule has 0 radical (unpaired) electrons. The van der Waals surface area contributed by atoms with Crippen LogP contribution in [0.3, 0.4) is 0 Å². The van der Waals surface area contributed by atoms with Crippen molar-refractivity contribution in [3.8, 4) is 5.75 Å². The van der Waals surface area contributed by atoms with E-state index in [1.54, 1.807) is 7.05 Å². The van der Waals surface area contributed by atoms with Crippen molar-refractivity contribution in [1.82, 2.24) is 16.0 Å². The summed E-state index contributed by atoms with van der Waals surface area (Å²) in [7, 11) is 1.78. The van der Waals surface area contributed by atoms with Gasteiger partial charge in [0.25, 0.3) is 0 Å². The Balaban J connectivity index is 1.60. The van der Waals surface area contributed by atoms with Crippen LogP contribution in [0, 0.1) is 5.41 Å². The molecule has 3 rings (SSSR count). The van der Waals surface area contributed by atoms with Crippen LogP contribution in [-0.2, 0) is 4.79 Å².